The number of thiophene rings is 1. The van der Waals surface area contributed by atoms with Crippen molar-refractivity contribution >= 4 is 35.8 Å². The molecule has 3 rings (SSSR count). The molecule has 0 N–H and O–H groups in total. The number of hydrogen-bond acceptors (Lipinski definition) is 7. The first-order valence-electron chi connectivity index (χ1n) is 9.05. The molecular weight excluding hydrogens is 426 g/mol. The van der Waals surface area contributed by atoms with E-state index in [1.807, 2.05) is 31.6 Å². The van der Waals surface area contributed by atoms with E-state index in [1.165, 1.54) is 21.3 Å². The lowest BCUT2D eigenvalue weighted by Crippen LogP contribution is -2.44. The number of halogens is 1. The lowest BCUT2D eigenvalue weighted by atomic mass is 9.90. The highest BCUT2D eigenvalue weighted by Gasteiger charge is 2.37. The van der Waals surface area contributed by atoms with Crippen LogP contribution >= 0.6 is 23.7 Å². The minimum absolute atomic E-state index is 0. The van der Waals surface area contributed by atoms with Gasteiger partial charge in [0.05, 0.1) is 26.9 Å². The summed E-state index contributed by atoms with van der Waals surface area (Å²) in [7, 11) is 8.49. The highest BCUT2D eigenvalue weighted by atomic mass is 35.5. The summed E-state index contributed by atoms with van der Waals surface area (Å²) in [6.45, 7) is 0.164. The maximum Gasteiger partial charge on any atom is 0.338 e. The zero-order valence-corrected chi connectivity index (χ0v) is 19.3. The van der Waals surface area contributed by atoms with Gasteiger partial charge in [0.1, 0.15) is 12.1 Å². The van der Waals surface area contributed by atoms with Gasteiger partial charge in [0.25, 0.3) is 0 Å². The number of carbonyl (C=O) groups excluding carboxylic acids is 1. The van der Waals surface area contributed by atoms with Crippen LogP contribution in [0.2, 0.25) is 0 Å². The molecule has 1 aliphatic rings. The van der Waals surface area contributed by atoms with Gasteiger partial charge in [0, 0.05) is 4.88 Å². The maximum atomic E-state index is 12.9. The van der Waals surface area contributed by atoms with Gasteiger partial charge in [0.15, 0.2) is 11.5 Å². The fourth-order valence-corrected chi connectivity index (χ4v) is 4.24. The number of nitrogens with zero attached hydrogens (tertiary/aromatic N) is 1. The molecule has 1 aromatic heterocycles. The van der Waals surface area contributed by atoms with Crippen molar-refractivity contribution in [2.24, 2.45) is 0 Å². The Kier molecular flexibility index (Phi) is 7.95. The van der Waals surface area contributed by atoms with Crippen molar-refractivity contribution in [1.29, 1.82) is 0 Å². The molecular formula is C22H26ClNO5S. The van der Waals surface area contributed by atoms with Crippen LogP contribution in [0.5, 0.6) is 17.2 Å². The number of methoxy groups -OCH3 is 3. The average molecular weight is 452 g/mol. The van der Waals surface area contributed by atoms with Crippen LogP contribution in [-0.2, 0) is 10.3 Å². The summed E-state index contributed by atoms with van der Waals surface area (Å²) >= 11 is 1.66. The van der Waals surface area contributed by atoms with Crippen molar-refractivity contribution in [2.45, 2.75) is 5.54 Å². The SMILES string of the molecule is COc1cc(C(=O)OCC2(N(C)C)C=CC=Cc3sccc32)cc(OC)c1OC.Cl. The van der Waals surface area contributed by atoms with E-state index in [0.717, 1.165) is 10.4 Å². The molecule has 1 heterocycles. The van der Waals surface area contributed by atoms with E-state index >= 15 is 0 Å². The quantitative estimate of drug-likeness (QED) is 0.582. The molecule has 6 nitrogen and oxygen atoms in total. The first-order chi connectivity index (χ1) is 14.0. The van der Waals surface area contributed by atoms with Crippen molar-refractivity contribution in [1.82, 2.24) is 4.90 Å². The number of hydrogen-bond donors (Lipinski definition) is 0. The van der Waals surface area contributed by atoms with Crippen LogP contribution < -0.4 is 14.2 Å². The fraction of sp³-hybridized carbons (Fsp3) is 0.318. The minimum Gasteiger partial charge on any atom is -0.493 e. The lowest BCUT2D eigenvalue weighted by Gasteiger charge is -2.37. The highest BCUT2D eigenvalue weighted by molar-refractivity contribution is 7.11. The molecule has 30 heavy (non-hydrogen) atoms. The largest absolute Gasteiger partial charge is 0.493 e. The Morgan fingerprint density at radius 3 is 2.30 bits per heavy atom. The van der Waals surface area contributed by atoms with E-state index < -0.39 is 11.5 Å². The summed E-state index contributed by atoms with van der Waals surface area (Å²) < 4.78 is 21.8. The molecule has 1 atom stereocenters. The number of carbonyl (C=O) groups is 1. The van der Waals surface area contributed by atoms with Crippen LogP contribution in [0.1, 0.15) is 20.8 Å². The van der Waals surface area contributed by atoms with E-state index in [0.29, 0.717) is 22.8 Å². The molecule has 0 aliphatic heterocycles. The highest BCUT2D eigenvalue weighted by Crippen LogP contribution is 2.39. The van der Waals surface area contributed by atoms with Gasteiger partial charge >= 0.3 is 5.97 Å². The van der Waals surface area contributed by atoms with Crippen LogP contribution in [0.15, 0.2) is 41.8 Å². The second-order valence-corrected chi connectivity index (χ2v) is 7.67. The molecule has 1 unspecified atom stereocenters. The third-order valence-corrected chi connectivity index (χ3v) is 5.90. The second-order valence-electron chi connectivity index (χ2n) is 6.73. The molecule has 0 spiro atoms. The summed E-state index contributed by atoms with van der Waals surface area (Å²) in [4.78, 5) is 16.1. The van der Waals surface area contributed by atoms with Crippen molar-refractivity contribution in [3.63, 3.8) is 0 Å². The smallest absolute Gasteiger partial charge is 0.338 e. The zero-order valence-electron chi connectivity index (χ0n) is 17.6. The Bertz CT molecular complexity index is 928. The van der Waals surface area contributed by atoms with E-state index in [4.69, 9.17) is 18.9 Å². The zero-order chi connectivity index (χ0) is 21.0. The van der Waals surface area contributed by atoms with E-state index in [2.05, 4.69) is 23.1 Å². The Morgan fingerprint density at radius 2 is 1.73 bits per heavy atom. The number of esters is 1. The number of likely N-dealkylation sites (N-methyl/N-ethyl adjacent to an activating group) is 1. The molecule has 0 fully saturated rings. The van der Waals surface area contributed by atoms with Crippen molar-refractivity contribution in [2.75, 3.05) is 42.0 Å². The van der Waals surface area contributed by atoms with Gasteiger partial charge in [-0.15, -0.1) is 23.7 Å². The molecule has 0 amide bonds. The van der Waals surface area contributed by atoms with Gasteiger partial charge < -0.3 is 18.9 Å². The predicted molar refractivity (Wildman–Crippen MR) is 121 cm³/mol. The summed E-state index contributed by atoms with van der Waals surface area (Å²) in [5.41, 5.74) is 0.875. The number of allylic oxidation sites excluding steroid dienone is 2. The van der Waals surface area contributed by atoms with Crippen molar-refractivity contribution in [3.8, 4) is 17.2 Å². The van der Waals surface area contributed by atoms with E-state index in [-0.39, 0.29) is 19.0 Å². The predicted octanol–water partition coefficient (Wildman–Crippen LogP) is 4.39. The van der Waals surface area contributed by atoms with E-state index in [9.17, 15) is 4.79 Å². The number of benzene rings is 1. The molecule has 8 heteroatoms. The Morgan fingerprint density at radius 1 is 1.07 bits per heavy atom. The summed E-state index contributed by atoms with van der Waals surface area (Å²) in [5, 5.41) is 2.05. The molecule has 1 aliphatic carbocycles. The van der Waals surface area contributed by atoms with Crippen LogP contribution in [0.3, 0.4) is 0 Å². The monoisotopic (exact) mass is 451 g/mol. The van der Waals surface area contributed by atoms with Crippen LogP contribution in [0, 0.1) is 0 Å². The molecule has 0 bridgehead atoms. The summed E-state index contributed by atoms with van der Waals surface area (Å²) in [6, 6.07) is 5.26. The Labute approximate surface area is 187 Å². The molecule has 0 radical (unpaired) electrons. The topological polar surface area (TPSA) is 57.2 Å². The number of rotatable bonds is 7. The van der Waals surface area contributed by atoms with Gasteiger partial charge in [-0.05, 0) is 49.3 Å². The summed E-state index contributed by atoms with van der Waals surface area (Å²) in [5.74, 6) is 0.768. The van der Waals surface area contributed by atoms with Gasteiger partial charge in [-0.3, -0.25) is 4.90 Å². The maximum absolute atomic E-state index is 12.9. The second kappa shape index (κ2) is 10.0. The van der Waals surface area contributed by atoms with Gasteiger partial charge in [-0.2, -0.15) is 0 Å². The fourth-order valence-electron chi connectivity index (χ4n) is 3.36. The third-order valence-electron chi connectivity index (χ3n) is 5.01. The van der Waals surface area contributed by atoms with Gasteiger partial charge in [-0.1, -0.05) is 18.2 Å². The average Bonchev–Trinajstić information content (AvgIpc) is 3.13. The normalized spacial score (nSPS) is 17.0. The Balaban J connectivity index is 0.00000320. The molecule has 1 aromatic carbocycles. The van der Waals surface area contributed by atoms with Crippen molar-refractivity contribution < 1.29 is 23.7 Å². The van der Waals surface area contributed by atoms with Gasteiger partial charge in [0.2, 0.25) is 5.75 Å². The van der Waals surface area contributed by atoms with Crippen molar-refractivity contribution in [3.05, 3.63) is 57.8 Å². The number of fused-ring (bicyclic) bond motifs is 1. The molecule has 0 saturated carbocycles. The molecule has 162 valence electrons. The van der Waals surface area contributed by atoms with Crippen LogP contribution in [-0.4, -0.2) is 52.9 Å². The van der Waals surface area contributed by atoms with E-state index in [1.54, 1.807) is 23.5 Å². The molecule has 0 saturated heterocycles. The van der Waals surface area contributed by atoms with Crippen LogP contribution in [0.4, 0.5) is 0 Å². The Hall–Kier alpha value is -2.48. The first kappa shape index (κ1) is 23.8. The summed E-state index contributed by atoms with van der Waals surface area (Å²) in [6.07, 6.45) is 8.12. The first-order valence-corrected chi connectivity index (χ1v) is 9.93. The van der Waals surface area contributed by atoms with Crippen LogP contribution in [0.25, 0.3) is 6.08 Å². The number of ether oxygens (including phenoxy) is 4. The van der Waals surface area contributed by atoms with Gasteiger partial charge in [-0.25, -0.2) is 4.79 Å². The molecule has 2 aromatic rings. The standard InChI is InChI=1S/C22H25NO5S.ClH/c1-23(2)22(10-7-6-8-19-16(22)9-11-29-19)14-28-21(24)15-12-17(25-3)20(27-5)18(13-15)26-4;/h6-13H,14H2,1-5H3;1H. The third kappa shape index (κ3) is 4.33. The minimum atomic E-state index is -0.560. The lowest BCUT2D eigenvalue weighted by molar-refractivity contribution is 0.0271.